The third kappa shape index (κ3) is 2.51. The van der Waals surface area contributed by atoms with Gasteiger partial charge in [-0.05, 0) is 19.4 Å². The van der Waals surface area contributed by atoms with E-state index in [1.807, 2.05) is 4.90 Å². The Morgan fingerprint density at radius 2 is 1.89 bits per heavy atom. The third-order valence-corrected chi connectivity index (χ3v) is 4.43. The zero-order valence-corrected chi connectivity index (χ0v) is 11.1. The lowest BCUT2D eigenvalue weighted by molar-refractivity contribution is -0.150. The van der Waals surface area contributed by atoms with E-state index in [4.69, 9.17) is 5.11 Å². The topological polar surface area (TPSA) is 60.9 Å². The second kappa shape index (κ2) is 5.26. The van der Waals surface area contributed by atoms with E-state index in [9.17, 15) is 9.59 Å². The summed E-state index contributed by atoms with van der Waals surface area (Å²) in [5.41, 5.74) is 0. The summed E-state index contributed by atoms with van der Waals surface area (Å²) >= 11 is 0. The first-order valence-corrected chi connectivity index (χ1v) is 6.76. The lowest BCUT2D eigenvalue weighted by Gasteiger charge is -2.39. The van der Waals surface area contributed by atoms with Gasteiger partial charge in [-0.15, -0.1) is 0 Å². The van der Waals surface area contributed by atoms with Crippen molar-refractivity contribution in [2.24, 2.45) is 11.8 Å². The number of piperazine rings is 1. The van der Waals surface area contributed by atoms with E-state index in [1.165, 1.54) is 6.42 Å². The van der Waals surface area contributed by atoms with Crippen molar-refractivity contribution >= 4 is 11.9 Å². The lowest BCUT2D eigenvalue weighted by atomic mass is 9.94. The average molecular weight is 254 g/mol. The zero-order valence-electron chi connectivity index (χ0n) is 11.1. The maximum absolute atomic E-state index is 12.3. The quantitative estimate of drug-likeness (QED) is 0.803. The van der Waals surface area contributed by atoms with Crippen LogP contribution in [0.3, 0.4) is 0 Å². The first-order valence-electron chi connectivity index (χ1n) is 6.76. The van der Waals surface area contributed by atoms with Gasteiger partial charge in [-0.25, -0.2) is 0 Å². The molecule has 2 aliphatic rings. The largest absolute Gasteiger partial charge is 0.481 e. The molecular formula is C13H22N2O3. The molecule has 2 rings (SSSR count). The Bertz CT molecular complexity index is 345. The predicted octanol–water partition coefficient (Wildman–Crippen LogP) is 0.650. The minimum Gasteiger partial charge on any atom is -0.481 e. The molecule has 3 unspecified atom stereocenters. The van der Waals surface area contributed by atoms with Gasteiger partial charge in [-0.2, -0.15) is 0 Å². The van der Waals surface area contributed by atoms with E-state index in [2.05, 4.69) is 4.90 Å². The molecule has 5 heteroatoms. The van der Waals surface area contributed by atoms with E-state index in [0.717, 1.165) is 32.6 Å². The van der Waals surface area contributed by atoms with Crippen LogP contribution in [-0.4, -0.2) is 59.0 Å². The van der Waals surface area contributed by atoms with Crippen molar-refractivity contribution in [3.8, 4) is 0 Å². The molecule has 0 aliphatic carbocycles. The van der Waals surface area contributed by atoms with E-state index >= 15 is 0 Å². The van der Waals surface area contributed by atoms with Crippen LogP contribution in [0.5, 0.6) is 0 Å². The predicted molar refractivity (Wildman–Crippen MR) is 67.1 cm³/mol. The molecule has 2 fully saturated rings. The summed E-state index contributed by atoms with van der Waals surface area (Å²) in [5, 5.41) is 8.97. The molecule has 5 nitrogen and oxygen atoms in total. The Balaban J connectivity index is 1.95. The Kier molecular flexibility index (Phi) is 3.90. The number of amides is 1. The summed E-state index contributed by atoms with van der Waals surface area (Å²) in [4.78, 5) is 27.5. The number of carboxylic acid groups (broad SMARTS) is 1. The van der Waals surface area contributed by atoms with Crippen molar-refractivity contribution in [3.63, 3.8) is 0 Å². The number of fused-ring (bicyclic) bond motifs is 1. The SMILES string of the molecule is CC(C(=O)O)C(C)C(=O)N1CCN2CCCC2C1. The smallest absolute Gasteiger partial charge is 0.307 e. The van der Waals surface area contributed by atoms with Crippen molar-refractivity contribution in [2.75, 3.05) is 26.2 Å². The highest BCUT2D eigenvalue weighted by Gasteiger charge is 2.36. The van der Waals surface area contributed by atoms with Crippen molar-refractivity contribution in [1.82, 2.24) is 9.80 Å². The van der Waals surface area contributed by atoms with Gasteiger partial charge in [0.05, 0.1) is 5.92 Å². The second-order valence-corrected chi connectivity index (χ2v) is 5.53. The summed E-state index contributed by atoms with van der Waals surface area (Å²) in [6.07, 6.45) is 2.38. The van der Waals surface area contributed by atoms with Crippen LogP contribution in [0.1, 0.15) is 26.7 Å². The minimum atomic E-state index is -0.893. The number of hydrogen-bond donors (Lipinski definition) is 1. The van der Waals surface area contributed by atoms with Crippen LogP contribution < -0.4 is 0 Å². The monoisotopic (exact) mass is 254 g/mol. The van der Waals surface area contributed by atoms with Gasteiger partial charge >= 0.3 is 5.97 Å². The van der Waals surface area contributed by atoms with Gasteiger partial charge in [0.1, 0.15) is 0 Å². The molecule has 2 saturated heterocycles. The van der Waals surface area contributed by atoms with Gasteiger partial charge in [-0.3, -0.25) is 14.5 Å². The van der Waals surface area contributed by atoms with Gasteiger partial charge in [0.15, 0.2) is 0 Å². The van der Waals surface area contributed by atoms with Gasteiger partial charge in [0, 0.05) is 31.6 Å². The van der Waals surface area contributed by atoms with Gasteiger partial charge in [0.25, 0.3) is 0 Å². The molecule has 1 amide bonds. The Morgan fingerprint density at radius 1 is 1.17 bits per heavy atom. The fourth-order valence-corrected chi connectivity index (χ4v) is 2.91. The number of rotatable bonds is 3. The molecule has 1 N–H and O–H groups in total. The molecule has 0 aromatic heterocycles. The van der Waals surface area contributed by atoms with Gasteiger partial charge in [-0.1, -0.05) is 13.8 Å². The van der Waals surface area contributed by atoms with Crippen molar-refractivity contribution in [1.29, 1.82) is 0 Å². The lowest BCUT2D eigenvalue weighted by Crippen LogP contribution is -2.53. The fraction of sp³-hybridized carbons (Fsp3) is 0.846. The Hall–Kier alpha value is -1.10. The Labute approximate surface area is 108 Å². The highest BCUT2D eigenvalue weighted by Crippen LogP contribution is 2.23. The number of hydrogen-bond acceptors (Lipinski definition) is 3. The fourth-order valence-electron chi connectivity index (χ4n) is 2.91. The number of carboxylic acids is 1. The maximum Gasteiger partial charge on any atom is 0.307 e. The number of carbonyl (C=O) groups excluding carboxylic acids is 1. The molecule has 2 heterocycles. The van der Waals surface area contributed by atoms with Crippen LogP contribution in [0.2, 0.25) is 0 Å². The number of aliphatic carboxylic acids is 1. The summed E-state index contributed by atoms with van der Waals surface area (Å²) in [5.74, 6) is -1.94. The molecule has 3 atom stereocenters. The molecule has 102 valence electrons. The highest BCUT2D eigenvalue weighted by atomic mass is 16.4. The average Bonchev–Trinajstić information content (AvgIpc) is 2.82. The summed E-state index contributed by atoms with van der Waals surface area (Å²) in [7, 11) is 0. The van der Waals surface area contributed by atoms with Crippen LogP contribution in [0.15, 0.2) is 0 Å². The number of carbonyl (C=O) groups is 2. The molecule has 2 aliphatic heterocycles. The Morgan fingerprint density at radius 3 is 2.56 bits per heavy atom. The molecule has 0 radical (unpaired) electrons. The number of nitrogens with zero attached hydrogens (tertiary/aromatic N) is 2. The maximum atomic E-state index is 12.3. The zero-order chi connectivity index (χ0) is 13.3. The molecule has 0 spiro atoms. The van der Waals surface area contributed by atoms with E-state index in [-0.39, 0.29) is 5.91 Å². The molecule has 18 heavy (non-hydrogen) atoms. The van der Waals surface area contributed by atoms with E-state index in [1.54, 1.807) is 13.8 Å². The van der Waals surface area contributed by atoms with Crippen LogP contribution >= 0.6 is 0 Å². The summed E-state index contributed by atoms with van der Waals surface area (Å²) in [6.45, 7) is 6.93. The van der Waals surface area contributed by atoms with Crippen LogP contribution in [0, 0.1) is 11.8 Å². The van der Waals surface area contributed by atoms with E-state index in [0.29, 0.717) is 6.04 Å². The van der Waals surface area contributed by atoms with Crippen molar-refractivity contribution < 1.29 is 14.7 Å². The highest BCUT2D eigenvalue weighted by molar-refractivity contribution is 5.84. The third-order valence-electron chi connectivity index (χ3n) is 4.43. The van der Waals surface area contributed by atoms with E-state index < -0.39 is 17.8 Å². The minimum absolute atomic E-state index is 0.00329. The molecule has 0 aromatic rings. The molecule has 0 aromatic carbocycles. The summed E-state index contributed by atoms with van der Waals surface area (Å²) < 4.78 is 0. The van der Waals surface area contributed by atoms with Crippen molar-refractivity contribution in [2.45, 2.75) is 32.7 Å². The standard InChI is InChI=1S/C13H22N2O3/c1-9(10(2)13(17)18)12(16)15-7-6-14-5-3-4-11(14)8-15/h9-11H,3-8H2,1-2H3,(H,17,18). The van der Waals surface area contributed by atoms with Gasteiger partial charge in [0.2, 0.25) is 5.91 Å². The molecule has 0 bridgehead atoms. The normalized spacial score (nSPS) is 27.7. The van der Waals surface area contributed by atoms with Crippen LogP contribution in [0.4, 0.5) is 0 Å². The van der Waals surface area contributed by atoms with Gasteiger partial charge < -0.3 is 10.0 Å². The molecule has 0 saturated carbocycles. The summed E-state index contributed by atoms with van der Waals surface area (Å²) in [6, 6.07) is 0.495. The van der Waals surface area contributed by atoms with Crippen LogP contribution in [0.25, 0.3) is 0 Å². The van der Waals surface area contributed by atoms with Crippen LogP contribution in [-0.2, 0) is 9.59 Å². The first-order chi connectivity index (χ1) is 8.50. The molecular weight excluding hydrogens is 232 g/mol. The van der Waals surface area contributed by atoms with Crippen molar-refractivity contribution in [3.05, 3.63) is 0 Å². The second-order valence-electron chi connectivity index (χ2n) is 5.53. The first kappa shape index (κ1) is 13.3.